The summed E-state index contributed by atoms with van der Waals surface area (Å²) in [7, 11) is 0. The quantitative estimate of drug-likeness (QED) is 0.208. The molecule has 1 aromatic rings. The molecule has 0 aromatic heterocycles. The Morgan fingerprint density at radius 3 is 1.77 bits per heavy atom. The number of hydrogen-bond acceptors (Lipinski definition) is 5. The van der Waals surface area contributed by atoms with Crippen LogP contribution < -0.4 is 10.9 Å². The molecular formula is C22H38F3NO4. The van der Waals surface area contributed by atoms with Crippen LogP contribution in [-0.2, 0) is 14.3 Å². The molecule has 0 fully saturated rings. The second-order valence-corrected chi connectivity index (χ2v) is 6.56. The predicted molar refractivity (Wildman–Crippen MR) is 113 cm³/mol. The van der Waals surface area contributed by atoms with Gasteiger partial charge in [0.1, 0.15) is 5.82 Å². The molecular weight excluding hydrogens is 399 g/mol. The predicted octanol–water partition coefficient (Wildman–Crippen LogP) is 6.37. The Labute approximate surface area is 178 Å². The maximum absolute atomic E-state index is 13.3. The number of ether oxygens (including phenoxy) is 3. The van der Waals surface area contributed by atoms with Gasteiger partial charge in [0.15, 0.2) is 11.6 Å². The van der Waals surface area contributed by atoms with E-state index in [1.807, 2.05) is 0 Å². The molecule has 0 saturated carbocycles. The van der Waals surface area contributed by atoms with E-state index >= 15 is 0 Å². The third-order valence-corrected chi connectivity index (χ3v) is 3.76. The molecule has 5 nitrogen and oxygen atoms in total. The summed E-state index contributed by atoms with van der Waals surface area (Å²) in [5, 5.41) is 0. The van der Waals surface area contributed by atoms with Crippen molar-refractivity contribution in [2.75, 3.05) is 26.4 Å². The molecule has 0 saturated heterocycles. The van der Waals surface area contributed by atoms with Crippen molar-refractivity contribution in [1.82, 2.24) is 6.15 Å². The first kappa shape index (κ1) is 30.6. The van der Waals surface area contributed by atoms with Gasteiger partial charge in [-0.3, -0.25) is 4.79 Å². The molecule has 0 amide bonds. The van der Waals surface area contributed by atoms with E-state index in [0.717, 1.165) is 38.9 Å². The van der Waals surface area contributed by atoms with Crippen molar-refractivity contribution in [3.8, 4) is 5.75 Å². The fourth-order valence-corrected chi connectivity index (χ4v) is 2.23. The Morgan fingerprint density at radius 1 is 0.767 bits per heavy atom. The lowest BCUT2D eigenvalue weighted by atomic mass is 10.2. The number of carbonyl (C=O) groups is 1. The van der Waals surface area contributed by atoms with Gasteiger partial charge < -0.3 is 20.4 Å². The summed E-state index contributed by atoms with van der Waals surface area (Å²) in [5.74, 6) is -5.33. The third kappa shape index (κ3) is 16.2. The molecule has 0 radical (unpaired) electrons. The molecule has 8 heteroatoms. The average molecular weight is 438 g/mol. The van der Waals surface area contributed by atoms with Crippen LogP contribution in [-0.4, -0.2) is 32.4 Å². The van der Waals surface area contributed by atoms with E-state index in [4.69, 9.17) is 9.47 Å². The minimum atomic E-state index is -1.26. The molecule has 3 N–H and O–H groups in total. The summed E-state index contributed by atoms with van der Waals surface area (Å²) < 4.78 is 54.5. The van der Waals surface area contributed by atoms with Gasteiger partial charge in [0.25, 0.3) is 0 Å². The highest BCUT2D eigenvalue weighted by atomic mass is 19.1. The Balaban J connectivity index is 0. The van der Waals surface area contributed by atoms with Crippen molar-refractivity contribution < 1.29 is 32.2 Å². The second-order valence-electron chi connectivity index (χ2n) is 6.56. The van der Waals surface area contributed by atoms with E-state index in [1.165, 1.54) is 19.3 Å². The van der Waals surface area contributed by atoms with Gasteiger partial charge in [-0.15, -0.1) is 0 Å². The SMILES string of the molecule is CCCCC.CCCOCCCCCOCCC(=O)Oc1c(F)cc(F)cc1F.N. The highest BCUT2D eigenvalue weighted by molar-refractivity contribution is 5.72. The maximum Gasteiger partial charge on any atom is 0.313 e. The van der Waals surface area contributed by atoms with Crippen LogP contribution in [0.3, 0.4) is 0 Å². The number of benzene rings is 1. The first-order valence-electron chi connectivity index (χ1n) is 10.5. The highest BCUT2D eigenvalue weighted by Gasteiger charge is 2.16. The summed E-state index contributed by atoms with van der Waals surface area (Å²) in [4.78, 5) is 11.5. The van der Waals surface area contributed by atoms with Gasteiger partial charge in [-0.25, -0.2) is 13.2 Å². The van der Waals surface area contributed by atoms with Crippen molar-refractivity contribution in [2.45, 2.75) is 72.1 Å². The lowest BCUT2D eigenvalue weighted by molar-refractivity contribution is -0.136. The summed E-state index contributed by atoms with van der Waals surface area (Å²) in [6, 6.07) is 0.902. The fraction of sp³-hybridized carbons (Fsp3) is 0.682. The van der Waals surface area contributed by atoms with E-state index < -0.39 is 29.2 Å². The molecule has 0 atom stereocenters. The van der Waals surface area contributed by atoms with Crippen LogP contribution in [0.5, 0.6) is 5.75 Å². The van der Waals surface area contributed by atoms with Crippen LogP contribution in [0.4, 0.5) is 13.2 Å². The van der Waals surface area contributed by atoms with Crippen molar-refractivity contribution in [1.29, 1.82) is 0 Å². The Morgan fingerprint density at radius 2 is 1.30 bits per heavy atom. The zero-order valence-electron chi connectivity index (χ0n) is 18.6. The number of halogens is 3. The Bertz CT molecular complexity index is 534. The van der Waals surface area contributed by atoms with Crippen LogP contribution in [0.2, 0.25) is 0 Å². The molecule has 1 rings (SSSR count). The monoisotopic (exact) mass is 437 g/mol. The molecule has 0 aliphatic rings. The first-order chi connectivity index (χ1) is 14.0. The van der Waals surface area contributed by atoms with Gasteiger partial charge >= 0.3 is 5.97 Å². The van der Waals surface area contributed by atoms with Crippen LogP contribution in [0.1, 0.15) is 72.1 Å². The van der Waals surface area contributed by atoms with Crippen molar-refractivity contribution in [2.24, 2.45) is 0 Å². The normalized spacial score (nSPS) is 10.1. The topological polar surface area (TPSA) is 79.8 Å². The van der Waals surface area contributed by atoms with E-state index in [0.29, 0.717) is 18.7 Å². The van der Waals surface area contributed by atoms with Crippen molar-refractivity contribution in [3.63, 3.8) is 0 Å². The molecule has 0 aliphatic carbocycles. The maximum atomic E-state index is 13.3. The molecule has 0 unspecified atom stereocenters. The first-order valence-corrected chi connectivity index (χ1v) is 10.5. The molecule has 176 valence electrons. The summed E-state index contributed by atoms with van der Waals surface area (Å²) in [6.07, 6.45) is 7.69. The standard InChI is InChI=1S/C17H23F3O4.C5H12.H3N/c1-2-7-22-8-4-3-5-9-23-10-6-16(21)24-17-14(19)11-13(18)12-15(17)20;1-3-5-4-2;/h11-12H,2-10H2,1H3;3-5H2,1-2H3;1H3. The summed E-state index contributed by atoms with van der Waals surface area (Å²) in [6.45, 7) is 8.56. The van der Waals surface area contributed by atoms with Crippen LogP contribution in [0, 0.1) is 17.5 Å². The van der Waals surface area contributed by atoms with Crippen LogP contribution >= 0.6 is 0 Å². The van der Waals surface area contributed by atoms with Crippen molar-refractivity contribution >= 4 is 5.97 Å². The van der Waals surface area contributed by atoms with E-state index in [9.17, 15) is 18.0 Å². The molecule has 0 heterocycles. The lowest BCUT2D eigenvalue weighted by Crippen LogP contribution is -2.13. The zero-order chi connectivity index (χ0) is 21.9. The molecule has 30 heavy (non-hydrogen) atoms. The number of hydrogen-bond donors (Lipinski definition) is 1. The van der Waals surface area contributed by atoms with Gasteiger partial charge in [0.2, 0.25) is 5.75 Å². The number of esters is 1. The van der Waals surface area contributed by atoms with Gasteiger partial charge in [0, 0.05) is 32.0 Å². The fourth-order valence-electron chi connectivity index (χ4n) is 2.23. The van der Waals surface area contributed by atoms with Gasteiger partial charge in [-0.05, 0) is 25.7 Å². The summed E-state index contributed by atoms with van der Waals surface area (Å²) >= 11 is 0. The van der Waals surface area contributed by atoms with Crippen molar-refractivity contribution in [3.05, 3.63) is 29.6 Å². The van der Waals surface area contributed by atoms with E-state index in [2.05, 4.69) is 25.5 Å². The lowest BCUT2D eigenvalue weighted by Gasteiger charge is -2.07. The molecule has 0 bridgehead atoms. The zero-order valence-corrected chi connectivity index (χ0v) is 18.6. The van der Waals surface area contributed by atoms with E-state index in [-0.39, 0.29) is 19.2 Å². The summed E-state index contributed by atoms with van der Waals surface area (Å²) in [5.41, 5.74) is 0. The smallest absolute Gasteiger partial charge is 0.313 e. The van der Waals surface area contributed by atoms with E-state index in [1.54, 1.807) is 0 Å². The highest BCUT2D eigenvalue weighted by Crippen LogP contribution is 2.23. The molecule has 0 aliphatic heterocycles. The molecule has 0 spiro atoms. The minimum absolute atomic E-state index is 0. The number of unbranched alkanes of at least 4 members (excludes halogenated alkanes) is 4. The second kappa shape index (κ2) is 20.6. The Kier molecular flexibility index (Phi) is 21.0. The van der Waals surface area contributed by atoms with Crippen LogP contribution in [0.15, 0.2) is 12.1 Å². The average Bonchev–Trinajstić information content (AvgIpc) is 2.67. The minimum Gasteiger partial charge on any atom is -0.420 e. The van der Waals surface area contributed by atoms with Gasteiger partial charge in [0.05, 0.1) is 13.0 Å². The van der Waals surface area contributed by atoms with Gasteiger partial charge in [-0.2, -0.15) is 0 Å². The van der Waals surface area contributed by atoms with Gasteiger partial charge in [-0.1, -0.05) is 40.0 Å². The van der Waals surface area contributed by atoms with Crippen LogP contribution in [0.25, 0.3) is 0 Å². The Hall–Kier alpha value is -1.64. The molecule has 1 aromatic carbocycles. The number of carbonyl (C=O) groups excluding carboxylic acids is 1. The third-order valence-electron chi connectivity index (χ3n) is 3.76. The largest absolute Gasteiger partial charge is 0.420 e. The number of rotatable bonds is 14.